The number of anilines is 1. The second-order valence-corrected chi connectivity index (χ2v) is 6.88. The molecule has 0 aliphatic carbocycles. The summed E-state index contributed by atoms with van der Waals surface area (Å²) in [6, 6.07) is 7.37. The Morgan fingerprint density at radius 2 is 2.12 bits per heavy atom. The molecule has 0 radical (unpaired) electrons. The molecule has 0 bridgehead atoms. The Morgan fingerprint density at radius 3 is 2.83 bits per heavy atom. The molecule has 24 heavy (non-hydrogen) atoms. The standard InChI is InChI=1S/C18H19FN2O2S/c1-12-11-13(19)7-8-14(12)20-17(22)15-5-2-3-9-21(15)18(23)16-6-4-10-24-16/h4,6-8,10-11,15H,2-3,5,9H2,1H3,(H,20,22)/t15-/m1/s1. The molecule has 1 aromatic carbocycles. The van der Waals surface area contributed by atoms with Gasteiger partial charge in [-0.2, -0.15) is 0 Å². The molecule has 1 N–H and O–H groups in total. The number of nitrogens with one attached hydrogen (secondary N) is 1. The van der Waals surface area contributed by atoms with Gasteiger partial charge in [0.1, 0.15) is 11.9 Å². The first kappa shape index (κ1) is 16.6. The lowest BCUT2D eigenvalue weighted by atomic mass is 10.0. The smallest absolute Gasteiger partial charge is 0.264 e. The molecule has 1 fully saturated rings. The summed E-state index contributed by atoms with van der Waals surface area (Å²) in [6.07, 6.45) is 2.45. The van der Waals surface area contributed by atoms with Crippen molar-refractivity contribution >= 4 is 28.8 Å². The Bertz CT molecular complexity index is 745. The number of halogens is 1. The number of amides is 2. The monoisotopic (exact) mass is 346 g/mol. The molecule has 0 unspecified atom stereocenters. The van der Waals surface area contributed by atoms with Crippen LogP contribution in [0.3, 0.4) is 0 Å². The first-order chi connectivity index (χ1) is 11.6. The first-order valence-corrected chi connectivity index (χ1v) is 8.86. The van der Waals surface area contributed by atoms with Gasteiger partial charge in [-0.25, -0.2) is 4.39 Å². The summed E-state index contributed by atoms with van der Waals surface area (Å²) in [4.78, 5) is 27.6. The van der Waals surface area contributed by atoms with Crippen LogP contribution in [0.1, 0.15) is 34.5 Å². The van der Waals surface area contributed by atoms with Crippen molar-refractivity contribution in [2.45, 2.75) is 32.2 Å². The fraction of sp³-hybridized carbons (Fsp3) is 0.333. The average Bonchev–Trinajstić information content (AvgIpc) is 3.11. The van der Waals surface area contributed by atoms with Gasteiger partial charge in [0, 0.05) is 12.2 Å². The number of hydrogen-bond donors (Lipinski definition) is 1. The molecule has 6 heteroatoms. The number of benzene rings is 1. The van der Waals surface area contributed by atoms with Crippen LogP contribution < -0.4 is 5.32 Å². The number of likely N-dealkylation sites (tertiary alicyclic amines) is 1. The maximum atomic E-state index is 13.2. The summed E-state index contributed by atoms with van der Waals surface area (Å²) in [5, 5.41) is 4.70. The maximum absolute atomic E-state index is 13.2. The third-order valence-electron chi connectivity index (χ3n) is 4.24. The Kier molecular flexibility index (Phi) is 4.94. The fourth-order valence-corrected chi connectivity index (χ4v) is 3.65. The van der Waals surface area contributed by atoms with Crippen molar-refractivity contribution in [2.75, 3.05) is 11.9 Å². The minimum atomic E-state index is -0.488. The normalized spacial score (nSPS) is 17.6. The zero-order valence-corrected chi connectivity index (χ0v) is 14.2. The van der Waals surface area contributed by atoms with Crippen LogP contribution in [0.25, 0.3) is 0 Å². The van der Waals surface area contributed by atoms with E-state index in [0.717, 1.165) is 12.8 Å². The molecule has 1 saturated heterocycles. The Labute approximate surface area is 144 Å². The van der Waals surface area contributed by atoms with Crippen LogP contribution in [0.4, 0.5) is 10.1 Å². The molecule has 0 saturated carbocycles. The van der Waals surface area contributed by atoms with Gasteiger partial charge in [-0.15, -0.1) is 11.3 Å². The number of rotatable bonds is 3. The maximum Gasteiger partial charge on any atom is 0.264 e. The van der Waals surface area contributed by atoms with E-state index in [1.165, 1.54) is 23.5 Å². The molecule has 2 aromatic rings. The van der Waals surface area contributed by atoms with E-state index in [1.807, 2.05) is 11.4 Å². The van der Waals surface area contributed by atoms with Crippen LogP contribution >= 0.6 is 11.3 Å². The first-order valence-electron chi connectivity index (χ1n) is 7.98. The van der Waals surface area contributed by atoms with Gasteiger partial charge < -0.3 is 10.2 Å². The number of piperidine rings is 1. The third kappa shape index (κ3) is 3.48. The summed E-state index contributed by atoms with van der Waals surface area (Å²) in [7, 11) is 0. The Balaban J connectivity index is 1.77. The van der Waals surface area contributed by atoms with Gasteiger partial charge in [0.2, 0.25) is 5.91 Å². The largest absolute Gasteiger partial charge is 0.326 e. The molecule has 3 rings (SSSR count). The number of carbonyl (C=O) groups excluding carboxylic acids is 2. The molecule has 1 aromatic heterocycles. The lowest BCUT2D eigenvalue weighted by molar-refractivity contribution is -0.121. The van der Waals surface area contributed by atoms with Crippen molar-refractivity contribution in [3.63, 3.8) is 0 Å². The zero-order valence-electron chi connectivity index (χ0n) is 13.4. The number of aryl methyl sites for hydroxylation is 1. The molecular weight excluding hydrogens is 327 g/mol. The van der Waals surface area contributed by atoms with Crippen molar-refractivity contribution in [1.29, 1.82) is 0 Å². The summed E-state index contributed by atoms with van der Waals surface area (Å²) in [6.45, 7) is 2.32. The topological polar surface area (TPSA) is 49.4 Å². The second kappa shape index (κ2) is 7.13. The van der Waals surface area contributed by atoms with Crippen molar-refractivity contribution in [2.24, 2.45) is 0 Å². The van der Waals surface area contributed by atoms with Crippen molar-refractivity contribution in [1.82, 2.24) is 4.90 Å². The van der Waals surface area contributed by atoms with E-state index >= 15 is 0 Å². The van der Waals surface area contributed by atoms with Crippen LogP contribution in [-0.4, -0.2) is 29.3 Å². The molecule has 1 aliphatic rings. The molecule has 1 atom stereocenters. The molecule has 1 aliphatic heterocycles. The van der Waals surface area contributed by atoms with E-state index in [2.05, 4.69) is 5.32 Å². The molecule has 2 amide bonds. The minimum Gasteiger partial charge on any atom is -0.326 e. The van der Waals surface area contributed by atoms with E-state index < -0.39 is 6.04 Å². The van der Waals surface area contributed by atoms with E-state index in [0.29, 0.717) is 29.1 Å². The van der Waals surface area contributed by atoms with E-state index in [9.17, 15) is 14.0 Å². The van der Waals surface area contributed by atoms with Crippen molar-refractivity contribution < 1.29 is 14.0 Å². The second-order valence-electron chi connectivity index (χ2n) is 5.94. The number of carbonyl (C=O) groups is 2. The third-order valence-corrected chi connectivity index (χ3v) is 5.10. The van der Waals surface area contributed by atoms with Crippen molar-refractivity contribution in [3.05, 3.63) is 52.0 Å². The van der Waals surface area contributed by atoms with Gasteiger partial charge in [0.05, 0.1) is 4.88 Å². The van der Waals surface area contributed by atoms with Gasteiger partial charge >= 0.3 is 0 Å². The predicted octanol–water partition coefficient (Wildman–Crippen LogP) is 3.83. The van der Waals surface area contributed by atoms with Gasteiger partial charge in [-0.1, -0.05) is 6.07 Å². The highest BCUT2D eigenvalue weighted by molar-refractivity contribution is 7.12. The predicted molar refractivity (Wildman–Crippen MR) is 92.8 cm³/mol. The number of thiophene rings is 1. The highest BCUT2D eigenvalue weighted by Gasteiger charge is 2.33. The SMILES string of the molecule is Cc1cc(F)ccc1NC(=O)[C@H]1CCCCN1C(=O)c1cccs1. The Morgan fingerprint density at radius 1 is 1.29 bits per heavy atom. The minimum absolute atomic E-state index is 0.0966. The van der Waals surface area contributed by atoms with Crippen LogP contribution in [0.15, 0.2) is 35.7 Å². The summed E-state index contributed by atoms with van der Waals surface area (Å²) in [5.74, 6) is -0.646. The van der Waals surface area contributed by atoms with E-state index in [-0.39, 0.29) is 17.6 Å². The van der Waals surface area contributed by atoms with Gasteiger partial charge in [0.15, 0.2) is 0 Å². The lowest BCUT2D eigenvalue weighted by Crippen LogP contribution is -2.49. The van der Waals surface area contributed by atoms with Crippen LogP contribution in [-0.2, 0) is 4.79 Å². The highest BCUT2D eigenvalue weighted by Crippen LogP contribution is 2.24. The molecule has 2 heterocycles. The van der Waals surface area contributed by atoms with Crippen molar-refractivity contribution in [3.8, 4) is 0 Å². The summed E-state index contributed by atoms with van der Waals surface area (Å²) < 4.78 is 13.2. The molecule has 126 valence electrons. The summed E-state index contributed by atoms with van der Waals surface area (Å²) >= 11 is 1.38. The summed E-state index contributed by atoms with van der Waals surface area (Å²) in [5.41, 5.74) is 1.24. The zero-order chi connectivity index (χ0) is 17.1. The van der Waals surface area contributed by atoms with Gasteiger partial charge in [0.25, 0.3) is 5.91 Å². The van der Waals surface area contributed by atoms with Crippen LogP contribution in [0.5, 0.6) is 0 Å². The average molecular weight is 346 g/mol. The fourth-order valence-electron chi connectivity index (χ4n) is 2.97. The lowest BCUT2D eigenvalue weighted by Gasteiger charge is -2.34. The Hall–Kier alpha value is -2.21. The van der Waals surface area contributed by atoms with Crippen LogP contribution in [0, 0.1) is 12.7 Å². The molecule has 0 spiro atoms. The van der Waals surface area contributed by atoms with Gasteiger partial charge in [-0.05, 0) is 61.4 Å². The quantitative estimate of drug-likeness (QED) is 0.918. The number of hydrogen-bond acceptors (Lipinski definition) is 3. The van der Waals surface area contributed by atoms with Crippen LogP contribution in [0.2, 0.25) is 0 Å². The number of nitrogens with zero attached hydrogens (tertiary/aromatic N) is 1. The van der Waals surface area contributed by atoms with Gasteiger partial charge in [-0.3, -0.25) is 9.59 Å². The molecule has 4 nitrogen and oxygen atoms in total. The van der Waals surface area contributed by atoms with E-state index in [4.69, 9.17) is 0 Å². The molecular formula is C18H19FN2O2S. The highest BCUT2D eigenvalue weighted by atomic mass is 32.1. The van der Waals surface area contributed by atoms with E-state index in [1.54, 1.807) is 24.0 Å².